The molecule has 0 aromatic rings. The van der Waals surface area contributed by atoms with E-state index in [-0.39, 0.29) is 30.5 Å². The number of amides is 2. The predicted octanol–water partition coefficient (Wildman–Crippen LogP) is -2.56. The van der Waals surface area contributed by atoms with Gasteiger partial charge < -0.3 is 14.9 Å². The summed E-state index contributed by atoms with van der Waals surface area (Å²) in [5.74, 6) is -0.802. The minimum atomic E-state index is -3.26. The summed E-state index contributed by atoms with van der Waals surface area (Å²) in [6.07, 6.45) is -0.427. The van der Waals surface area contributed by atoms with E-state index in [4.69, 9.17) is 0 Å². The lowest BCUT2D eigenvalue weighted by Crippen LogP contribution is -2.56. The third-order valence-corrected chi connectivity index (χ3v) is 4.83. The van der Waals surface area contributed by atoms with Crippen LogP contribution in [0.15, 0.2) is 0 Å². The summed E-state index contributed by atoms with van der Waals surface area (Å²) in [6.45, 7) is 0.597. The monoisotopic (exact) mass is 262 g/mol. The van der Waals surface area contributed by atoms with E-state index >= 15 is 0 Å². The summed E-state index contributed by atoms with van der Waals surface area (Å²) in [6, 6.07) is -0.665. The molecule has 0 aromatic carbocycles. The standard InChI is InChI=1S/C9H14N2O5S/c12-6-10-1-2-11(9(14)3-10)7-4-17(15,16)5-8(7)13/h6-8,13H,1-5H2. The molecule has 8 heteroatoms. The molecule has 7 nitrogen and oxygen atoms in total. The van der Waals surface area contributed by atoms with Gasteiger partial charge in [0.05, 0.1) is 30.2 Å². The van der Waals surface area contributed by atoms with Gasteiger partial charge >= 0.3 is 0 Å². The molecule has 0 saturated carbocycles. The number of nitrogens with zero attached hydrogens (tertiary/aromatic N) is 2. The van der Waals surface area contributed by atoms with Crippen molar-refractivity contribution in [2.24, 2.45) is 0 Å². The lowest BCUT2D eigenvalue weighted by Gasteiger charge is -2.36. The fraction of sp³-hybridized carbons (Fsp3) is 0.778. The number of sulfone groups is 1. The lowest BCUT2D eigenvalue weighted by atomic mass is 10.1. The van der Waals surface area contributed by atoms with Crippen LogP contribution in [0, 0.1) is 0 Å². The molecule has 96 valence electrons. The maximum Gasteiger partial charge on any atom is 0.242 e. The van der Waals surface area contributed by atoms with Crippen LogP contribution in [0.1, 0.15) is 0 Å². The van der Waals surface area contributed by atoms with Crippen LogP contribution in [-0.4, -0.2) is 78.9 Å². The molecular formula is C9H14N2O5S. The van der Waals surface area contributed by atoms with Crippen molar-refractivity contribution in [3.8, 4) is 0 Å². The van der Waals surface area contributed by atoms with Crippen molar-refractivity contribution in [2.45, 2.75) is 12.1 Å². The summed E-state index contributed by atoms with van der Waals surface area (Å²) in [4.78, 5) is 24.9. The van der Waals surface area contributed by atoms with Crippen molar-refractivity contribution in [3.05, 3.63) is 0 Å². The van der Waals surface area contributed by atoms with Crippen LogP contribution < -0.4 is 0 Å². The van der Waals surface area contributed by atoms with E-state index in [0.29, 0.717) is 13.0 Å². The Morgan fingerprint density at radius 3 is 2.47 bits per heavy atom. The Hall–Kier alpha value is -1.15. The highest BCUT2D eigenvalue weighted by atomic mass is 32.2. The van der Waals surface area contributed by atoms with E-state index in [9.17, 15) is 23.1 Å². The molecule has 2 atom stereocenters. The highest BCUT2D eigenvalue weighted by Gasteiger charge is 2.42. The average Bonchev–Trinajstić information content (AvgIpc) is 2.52. The molecule has 0 spiro atoms. The highest BCUT2D eigenvalue weighted by Crippen LogP contribution is 2.20. The van der Waals surface area contributed by atoms with Gasteiger partial charge in [0.15, 0.2) is 9.84 Å². The summed E-state index contributed by atoms with van der Waals surface area (Å²) in [5.41, 5.74) is 0. The molecule has 0 radical (unpaired) electrons. The maximum atomic E-state index is 11.7. The van der Waals surface area contributed by atoms with E-state index in [1.54, 1.807) is 0 Å². The van der Waals surface area contributed by atoms with Crippen LogP contribution in [-0.2, 0) is 19.4 Å². The van der Waals surface area contributed by atoms with Crippen molar-refractivity contribution in [1.29, 1.82) is 0 Å². The zero-order chi connectivity index (χ0) is 12.6. The fourth-order valence-corrected chi connectivity index (χ4v) is 4.05. The van der Waals surface area contributed by atoms with Crippen LogP contribution in [0.4, 0.5) is 0 Å². The van der Waals surface area contributed by atoms with Gasteiger partial charge in [-0.25, -0.2) is 8.42 Å². The zero-order valence-corrected chi connectivity index (χ0v) is 9.97. The number of aliphatic hydroxyl groups excluding tert-OH is 1. The second-order valence-electron chi connectivity index (χ2n) is 4.37. The molecule has 17 heavy (non-hydrogen) atoms. The van der Waals surface area contributed by atoms with Crippen molar-refractivity contribution < 1.29 is 23.1 Å². The lowest BCUT2D eigenvalue weighted by molar-refractivity contribution is -0.143. The quantitative estimate of drug-likeness (QED) is 0.553. The van der Waals surface area contributed by atoms with Gasteiger partial charge in [-0.2, -0.15) is 0 Å². The van der Waals surface area contributed by atoms with E-state index < -0.39 is 22.0 Å². The Morgan fingerprint density at radius 1 is 1.29 bits per heavy atom. The second-order valence-corrected chi connectivity index (χ2v) is 6.53. The number of hydrogen-bond acceptors (Lipinski definition) is 5. The first-order valence-corrected chi connectivity index (χ1v) is 7.12. The first kappa shape index (κ1) is 12.3. The topological polar surface area (TPSA) is 95.0 Å². The molecule has 0 aliphatic carbocycles. The molecule has 2 rings (SSSR count). The minimum Gasteiger partial charge on any atom is -0.390 e. The molecule has 0 aromatic heterocycles. The average molecular weight is 262 g/mol. The number of rotatable bonds is 2. The maximum absolute atomic E-state index is 11.7. The van der Waals surface area contributed by atoms with Gasteiger partial charge in [-0.1, -0.05) is 0 Å². The number of aliphatic hydroxyl groups is 1. The molecule has 2 fully saturated rings. The second kappa shape index (κ2) is 4.26. The third kappa shape index (κ3) is 2.42. The fourth-order valence-electron chi connectivity index (χ4n) is 2.25. The Labute approximate surface area is 98.9 Å². The van der Waals surface area contributed by atoms with Gasteiger partial charge in [-0.05, 0) is 0 Å². The number of hydrogen-bond donors (Lipinski definition) is 1. The first-order chi connectivity index (χ1) is 7.93. The molecule has 2 heterocycles. The zero-order valence-electron chi connectivity index (χ0n) is 9.15. The van der Waals surface area contributed by atoms with Crippen molar-refractivity contribution in [1.82, 2.24) is 9.80 Å². The smallest absolute Gasteiger partial charge is 0.242 e. The highest BCUT2D eigenvalue weighted by molar-refractivity contribution is 7.91. The molecular weight excluding hydrogens is 248 g/mol. The third-order valence-electron chi connectivity index (χ3n) is 3.13. The minimum absolute atomic E-state index is 0.0488. The van der Waals surface area contributed by atoms with Gasteiger partial charge in [0.2, 0.25) is 12.3 Å². The normalized spacial score (nSPS) is 32.9. The molecule has 2 aliphatic rings. The number of carbonyl (C=O) groups excluding carboxylic acids is 2. The summed E-state index contributed by atoms with van der Waals surface area (Å²) in [7, 11) is -3.26. The number of carbonyl (C=O) groups is 2. The molecule has 2 amide bonds. The predicted molar refractivity (Wildman–Crippen MR) is 57.8 cm³/mol. The van der Waals surface area contributed by atoms with Gasteiger partial charge in [0.1, 0.15) is 0 Å². The summed E-state index contributed by atoms with van der Waals surface area (Å²) < 4.78 is 22.7. The van der Waals surface area contributed by atoms with E-state index in [1.165, 1.54) is 9.80 Å². The van der Waals surface area contributed by atoms with Crippen molar-refractivity contribution >= 4 is 22.2 Å². The molecule has 2 aliphatic heterocycles. The Morgan fingerprint density at radius 2 is 2.00 bits per heavy atom. The van der Waals surface area contributed by atoms with Crippen LogP contribution in [0.3, 0.4) is 0 Å². The van der Waals surface area contributed by atoms with Crippen molar-refractivity contribution in [2.75, 3.05) is 31.1 Å². The van der Waals surface area contributed by atoms with E-state index in [0.717, 1.165) is 0 Å². The largest absolute Gasteiger partial charge is 0.390 e. The molecule has 1 N–H and O–H groups in total. The SMILES string of the molecule is O=CN1CCN(C2CS(=O)(=O)CC2O)C(=O)C1. The molecule has 0 bridgehead atoms. The van der Waals surface area contributed by atoms with Gasteiger partial charge in [0, 0.05) is 13.1 Å². The van der Waals surface area contributed by atoms with Gasteiger partial charge in [0.25, 0.3) is 0 Å². The van der Waals surface area contributed by atoms with E-state index in [2.05, 4.69) is 0 Å². The van der Waals surface area contributed by atoms with Gasteiger partial charge in [-0.15, -0.1) is 0 Å². The Bertz CT molecular complexity index is 435. The molecule has 2 unspecified atom stereocenters. The first-order valence-electron chi connectivity index (χ1n) is 5.30. The summed E-state index contributed by atoms with van der Waals surface area (Å²) >= 11 is 0. The number of piperazine rings is 1. The van der Waals surface area contributed by atoms with Crippen LogP contribution in [0.2, 0.25) is 0 Å². The molecule has 2 saturated heterocycles. The van der Waals surface area contributed by atoms with Crippen LogP contribution in [0.25, 0.3) is 0 Å². The summed E-state index contributed by atoms with van der Waals surface area (Å²) in [5, 5.41) is 9.66. The van der Waals surface area contributed by atoms with E-state index in [1.807, 2.05) is 0 Å². The van der Waals surface area contributed by atoms with Crippen molar-refractivity contribution in [3.63, 3.8) is 0 Å². The Kier molecular flexibility index (Phi) is 3.09. The van der Waals surface area contributed by atoms with Crippen LogP contribution in [0.5, 0.6) is 0 Å². The Balaban J connectivity index is 2.09. The van der Waals surface area contributed by atoms with Crippen LogP contribution >= 0.6 is 0 Å². The van der Waals surface area contributed by atoms with Gasteiger partial charge in [-0.3, -0.25) is 9.59 Å².